The number of nitrogens with zero attached hydrogens (tertiary/aromatic N) is 2. The van der Waals surface area contributed by atoms with Crippen molar-refractivity contribution in [2.24, 2.45) is 0 Å². The van der Waals surface area contributed by atoms with Gasteiger partial charge in [-0.3, -0.25) is 14.4 Å². The highest BCUT2D eigenvalue weighted by atomic mass is 79.9. The molecule has 1 aromatic heterocycles. The Morgan fingerprint density at radius 3 is 2.66 bits per heavy atom. The molecule has 1 aromatic carbocycles. The van der Waals surface area contributed by atoms with Crippen LogP contribution in [-0.4, -0.2) is 35.5 Å². The Kier molecular flexibility index (Phi) is 7.09. The van der Waals surface area contributed by atoms with E-state index in [9.17, 15) is 14.4 Å². The third-order valence-corrected chi connectivity index (χ3v) is 5.23. The fraction of sp³-hybridized carbons (Fsp3) is 0.381. The molecule has 2 N–H and O–H groups in total. The Morgan fingerprint density at radius 2 is 1.90 bits per heavy atom. The normalized spacial score (nSPS) is 14.5. The Hall–Kier alpha value is -2.61. The third kappa shape index (κ3) is 6.19. The fourth-order valence-electron chi connectivity index (χ4n) is 3.40. The van der Waals surface area contributed by atoms with Crippen LogP contribution in [-0.2, 0) is 16.1 Å². The third-order valence-electron chi connectivity index (χ3n) is 4.76. The molecule has 8 heteroatoms. The maximum Gasteiger partial charge on any atom is 0.251 e. The van der Waals surface area contributed by atoms with E-state index in [1.54, 1.807) is 19.2 Å². The smallest absolute Gasteiger partial charge is 0.251 e. The molecule has 29 heavy (non-hydrogen) atoms. The minimum Gasteiger partial charge on any atom is -0.371 e. The molecule has 1 aliphatic heterocycles. The van der Waals surface area contributed by atoms with Gasteiger partial charge in [-0.15, -0.1) is 0 Å². The second-order valence-corrected chi connectivity index (χ2v) is 8.19. The molecule has 3 rings (SSSR count). The predicted octanol–water partition coefficient (Wildman–Crippen LogP) is 2.74. The summed E-state index contributed by atoms with van der Waals surface area (Å²) >= 11 is 3.28. The van der Waals surface area contributed by atoms with E-state index in [4.69, 9.17) is 0 Å². The lowest BCUT2D eigenvalue weighted by Crippen LogP contribution is -2.39. The van der Waals surface area contributed by atoms with Crippen LogP contribution in [0.5, 0.6) is 0 Å². The Labute approximate surface area is 178 Å². The molecule has 154 valence electrons. The van der Waals surface area contributed by atoms with Crippen molar-refractivity contribution in [1.29, 1.82) is 0 Å². The van der Waals surface area contributed by atoms with Crippen molar-refractivity contribution in [3.63, 3.8) is 0 Å². The van der Waals surface area contributed by atoms with Gasteiger partial charge in [-0.25, -0.2) is 0 Å². The van der Waals surface area contributed by atoms with Crippen LogP contribution in [0, 0.1) is 0 Å². The summed E-state index contributed by atoms with van der Waals surface area (Å²) in [5.41, 5.74) is 1.60. The predicted molar refractivity (Wildman–Crippen MR) is 117 cm³/mol. The number of amides is 2. The molecule has 1 fully saturated rings. The van der Waals surface area contributed by atoms with E-state index in [0.29, 0.717) is 4.47 Å². The van der Waals surface area contributed by atoms with E-state index in [-0.39, 0.29) is 36.4 Å². The van der Waals surface area contributed by atoms with Crippen molar-refractivity contribution in [3.8, 4) is 0 Å². The van der Waals surface area contributed by atoms with Gasteiger partial charge in [0.1, 0.15) is 6.54 Å². The average Bonchev–Trinajstić information content (AvgIpc) is 3.19. The number of carbonyl (C=O) groups is 2. The highest BCUT2D eigenvalue weighted by Gasteiger charge is 2.15. The molecule has 0 radical (unpaired) electrons. The summed E-state index contributed by atoms with van der Waals surface area (Å²) in [4.78, 5) is 38.7. The molecule has 1 unspecified atom stereocenters. The van der Waals surface area contributed by atoms with Gasteiger partial charge in [0.2, 0.25) is 11.8 Å². The molecule has 0 saturated carbocycles. The van der Waals surface area contributed by atoms with Crippen LogP contribution >= 0.6 is 15.9 Å². The molecule has 0 spiro atoms. The molecule has 1 aliphatic rings. The first kappa shape index (κ1) is 21.1. The van der Waals surface area contributed by atoms with Crippen molar-refractivity contribution >= 4 is 39.1 Å². The summed E-state index contributed by atoms with van der Waals surface area (Å²) in [5, 5.41) is 5.66. The number of nitrogens with one attached hydrogen (secondary N) is 2. The summed E-state index contributed by atoms with van der Waals surface area (Å²) in [7, 11) is 0. The first-order chi connectivity index (χ1) is 13.9. The van der Waals surface area contributed by atoms with Gasteiger partial charge in [-0.05, 0) is 60.0 Å². The highest BCUT2D eigenvalue weighted by molar-refractivity contribution is 9.10. The summed E-state index contributed by atoms with van der Waals surface area (Å²) in [6.45, 7) is 3.76. The number of rotatable bonds is 7. The summed E-state index contributed by atoms with van der Waals surface area (Å²) in [6, 6.07) is 10.5. The number of halogens is 1. The minimum atomic E-state index is -0.355. The summed E-state index contributed by atoms with van der Waals surface area (Å²) in [6.07, 6.45) is 4.10. The molecule has 0 aliphatic carbocycles. The van der Waals surface area contributed by atoms with Crippen molar-refractivity contribution in [2.75, 3.05) is 23.3 Å². The first-order valence-corrected chi connectivity index (χ1v) is 10.5. The Bertz CT molecular complexity index is 938. The molecule has 1 atom stereocenters. The molecule has 1 saturated heterocycles. The van der Waals surface area contributed by atoms with E-state index < -0.39 is 0 Å². The number of hydrogen-bond donors (Lipinski definition) is 2. The second-order valence-electron chi connectivity index (χ2n) is 7.28. The van der Waals surface area contributed by atoms with Crippen molar-refractivity contribution in [3.05, 3.63) is 57.4 Å². The molecule has 2 amide bonds. The van der Waals surface area contributed by atoms with Gasteiger partial charge in [0.05, 0.1) is 0 Å². The van der Waals surface area contributed by atoms with E-state index in [2.05, 4.69) is 31.5 Å². The number of aromatic nitrogens is 1. The summed E-state index contributed by atoms with van der Waals surface area (Å²) < 4.78 is 2.03. The number of carbonyl (C=O) groups excluding carboxylic acids is 2. The van der Waals surface area contributed by atoms with Crippen LogP contribution in [0.25, 0.3) is 0 Å². The molecular formula is C21H25BrN4O3. The molecule has 2 aromatic rings. The minimum absolute atomic E-state index is 0.0951. The van der Waals surface area contributed by atoms with E-state index in [1.807, 2.05) is 24.3 Å². The number of hydrogen-bond acceptors (Lipinski definition) is 4. The lowest BCUT2D eigenvalue weighted by atomic mass is 10.2. The molecule has 0 bridgehead atoms. The van der Waals surface area contributed by atoms with Crippen LogP contribution in [0.4, 0.5) is 11.4 Å². The van der Waals surface area contributed by atoms with Gasteiger partial charge in [0, 0.05) is 53.7 Å². The Morgan fingerprint density at radius 1 is 1.14 bits per heavy atom. The largest absolute Gasteiger partial charge is 0.371 e. The van der Waals surface area contributed by atoms with Gasteiger partial charge in [-0.1, -0.05) is 6.07 Å². The fourth-order valence-corrected chi connectivity index (χ4v) is 3.78. The standard InChI is InChI=1S/C21H25BrN4O3/c1-15(23-20(28)14-26-13-16(22)7-8-21(26)29)11-19(27)24-17-5-4-6-18(12-17)25-9-2-3-10-25/h4-8,12-13,15H,2-3,9-11,14H2,1H3,(H,23,28)(H,24,27). The van der Waals surface area contributed by atoms with Gasteiger partial charge >= 0.3 is 0 Å². The van der Waals surface area contributed by atoms with Crippen LogP contribution < -0.4 is 21.1 Å². The van der Waals surface area contributed by atoms with Gasteiger partial charge in [0.25, 0.3) is 5.56 Å². The zero-order valence-corrected chi connectivity index (χ0v) is 17.9. The van der Waals surface area contributed by atoms with Gasteiger partial charge in [-0.2, -0.15) is 0 Å². The SMILES string of the molecule is CC(CC(=O)Nc1cccc(N2CCCC2)c1)NC(=O)Cn1cc(Br)ccc1=O. The molecular weight excluding hydrogens is 436 g/mol. The van der Waals surface area contributed by atoms with Crippen molar-refractivity contribution in [2.45, 2.75) is 38.8 Å². The quantitative estimate of drug-likeness (QED) is 0.665. The van der Waals surface area contributed by atoms with E-state index >= 15 is 0 Å². The van der Waals surface area contributed by atoms with Crippen LogP contribution in [0.3, 0.4) is 0 Å². The number of pyridine rings is 1. The highest BCUT2D eigenvalue weighted by Crippen LogP contribution is 2.23. The molecule has 7 nitrogen and oxygen atoms in total. The number of anilines is 2. The van der Waals surface area contributed by atoms with E-state index in [1.165, 1.54) is 23.5 Å². The second kappa shape index (κ2) is 9.73. The van der Waals surface area contributed by atoms with Crippen molar-refractivity contribution < 1.29 is 9.59 Å². The van der Waals surface area contributed by atoms with Gasteiger partial charge < -0.3 is 20.1 Å². The van der Waals surface area contributed by atoms with Crippen molar-refractivity contribution in [1.82, 2.24) is 9.88 Å². The topological polar surface area (TPSA) is 83.4 Å². The first-order valence-electron chi connectivity index (χ1n) is 9.71. The summed E-state index contributed by atoms with van der Waals surface area (Å²) in [5.74, 6) is -0.488. The lowest BCUT2D eigenvalue weighted by Gasteiger charge is -2.19. The lowest BCUT2D eigenvalue weighted by molar-refractivity contribution is -0.122. The van der Waals surface area contributed by atoms with Crippen LogP contribution in [0.15, 0.2) is 51.9 Å². The van der Waals surface area contributed by atoms with Gasteiger partial charge in [0.15, 0.2) is 0 Å². The monoisotopic (exact) mass is 460 g/mol. The zero-order valence-electron chi connectivity index (χ0n) is 16.4. The molecule has 2 heterocycles. The maximum atomic E-state index is 12.4. The van der Waals surface area contributed by atoms with Crippen LogP contribution in [0.2, 0.25) is 0 Å². The maximum absolute atomic E-state index is 12.4. The van der Waals surface area contributed by atoms with E-state index in [0.717, 1.165) is 24.5 Å². The Balaban J connectivity index is 1.50. The van der Waals surface area contributed by atoms with Crippen LogP contribution in [0.1, 0.15) is 26.2 Å². The number of benzene rings is 1. The average molecular weight is 461 g/mol. The zero-order chi connectivity index (χ0) is 20.8.